The van der Waals surface area contributed by atoms with E-state index in [1.54, 1.807) is 0 Å². The molecule has 0 aliphatic carbocycles. The van der Waals surface area contributed by atoms with E-state index in [4.69, 9.17) is 0 Å². The van der Waals surface area contributed by atoms with Crippen LogP contribution in [0.15, 0.2) is 75.4 Å². The summed E-state index contributed by atoms with van der Waals surface area (Å²) in [6.07, 6.45) is 121. The smallest absolute Gasteiger partial charge is 0.0322 e. The molecule has 0 aliphatic rings. The summed E-state index contributed by atoms with van der Waals surface area (Å²) in [6.45, 7) is 29.1. The Morgan fingerprint density at radius 1 is 0.208 bits per heavy atom. The molecule has 0 aromatic rings. The maximum Gasteiger partial charge on any atom is -0.0322 e. The van der Waals surface area contributed by atoms with Crippen molar-refractivity contribution in [2.24, 2.45) is 29.6 Å². The van der Waals surface area contributed by atoms with Crippen molar-refractivity contribution in [1.29, 1.82) is 0 Å². The number of unbranched alkanes of at least 4 members (excludes halogenated alkanes) is 63. The van der Waals surface area contributed by atoms with Crippen LogP contribution >= 0.6 is 0 Å². The summed E-state index contributed by atoms with van der Waals surface area (Å²) in [5.74, 6) is 4.40. The number of hydrogen-bond acceptors (Lipinski definition) is 0. The van der Waals surface area contributed by atoms with Crippen molar-refractivity contribution in [3.63, 3.8) is 0 Å². The Hall–Kier alpha value is -1.56. The molecule has 0 nitrogen and oxygen atoms in total. The molecule has 0 bridgehead atoms. The first-order valence-corrected chi connectivity index (χ1v) is 45.2. The SMILES string of the molecule is C=CCCCCCCCCCCCCCCC(CC=C)C(CCCCCCCCCCCCCCC=C)C(CCCCCCCCCCCCCCC=C)C(CCCCCCCCCCCCCCC=C)C(CCCCCCCC)CCCCCCCCCCCCCC(=C)C. The van der Waals surface area contributed by atoms with Crippen molar-refractivity contribution in [3.05, 3.63) is 75.4 Å². The predicted octanol–water partition coefficient (Wildman–Crippen LogP) is 35.6. The van der Waals surface area contributed by atoms with E-state index in [0.717, 1.165) is 29.6 Å². The maximum atomic E-state index is 4.63. The quantitative estimate of drug-likeness (QED) is 0.0421. The van der Waals surface area contributed by atoms with Gasteiger partial charge < -0.3 is 0 Å². The van der Waals surface area contributed by atoms with Crippen molar-refractivity contribution in [2.45, 2.75) is 508 Å². The molecule has 0 heteroatoms. The predicted molar refractivity (Wildman–Crippen MR) is 444 cm³/mol. The Kier molecular flexibility index (Phi) is 81.1. The average molecular weight is 1340 g/mol. The molecule has 0 fully saturated rings. The van der Waals surface area contributed by atoms with Gasteiger partial charge in [0.25, 0.3) is 0 Å². The van der Waals surface area contributed by atoms with Crippen LogP contribution in [-0.4, -0.2) is 0 Å². The lowest BCUT2D eigenvalue weighted by molar-refractivity contribution is 0.0734. The minimum atomic E-state index is 0.818. The van der Waals surface area contributed by atoms with Gasteiger partial charge in [0.1, 0.15) is 0 Å². The van der Waals surface area contributed by atoms with Gasteiger partial charge >= 0.3 is 0 Å². The van der Waals surface area contributed by atoms with E-state index < -0.39 is 0 Å². The fraction of sp³-hybridized carbons (Fsp3) is 0.875. The zero-order valence-corrected chi connectivity index (χ0v) is 67.0. The van der Waals surface area contributed by atoms with Crippen molar-refractivity contribution in [1.82, 2.24) is 0 Å². The molecule has 566 valence electrons. The summed E-state index contributed by atoms with van der Waals surface area (Å²) in [6, 6.07) is 0. The largest absolute Gasteiger partial charge is 0.103 e. The summed E-state index contributed by atoms with van der Waals surface area (Å²) >= 11 is 0. The highest BCUT2D eigenvalue weighted by Gasteiger charge is 2.37. The van der Waals surface area contributed by atoms with Crippen LogP contribution in [0.1, 0.15) is 508 Å². The van der Waals surface area contributed by atoms with Crippen LogP contribution in [0.5, 0.6) is 0 Å². The van der Waals surface area contributed by atoms with Crippen molar-refractivity contribution in [2.75, 3.05) is 0 Å². The number of hydrogen-bond donors (Lipinski definition) is 0. The summed E-state index contributed by atoms with van der Waals surface area (Å²) < 4.78 is 0. The van der Waals surface area contributed by atoms with Gasteiger partial charge in [-0.1, -0.05) is 441 Å². The second-order valence-corrected chi connectivity index (χ2v) is 32.4. The molecule has 5 atom stereocenters. The summed E-state index contributed by atoms with van der Waals surface area (Å²) in [4.78, 5) is 0. The lowest BCUT2D eigenvalue weighted by Gasteiger charge is -2.43. The van der Waals surface area contributed by atoms with Gasteiger partial charge in [0.15, 0.2) is 0 Å². The minimum Gasteiger partial charge on any atom is -0.103 e. The third-order valence-corrected chi connectivity index (χ3v) is 23.2. The summed E-state index contributed by atoms with van der Waals surface area (Å²) in [5, 5.41) is 0. The Labute approximate surface area is 609 Å². The van der Waals surface area contributed by atoms with E-state index in [9.17, 15) is 0 Å². The molecular weight excluding hydrogens is 1150 g/mol. The molecule has 0 aliphatic heterocycles. The van der Waals surface area contributed by atoms with Gasteiger partial charge in [-0.15, -0.1) is 39.5 Å². The molecule has 0 aromatic carbocycles. The second-order valence-electron chi connectivity index (χ2n) is 32.4. The van der Waals surface area contributed by atoms with Crippen LogP contribution < -0.4 is 0 Å². The van der Waals surface area contributed by atoms with Gasteiger partial charge in [-0.3, -0.25) is 0 Å². The first-order chi connectivity index (χ1) is 47.5. The Morgan fingerprint density at radius 3 is 0.625 bits per heavy atom. The van der Waals surface area contributed by atoms with Gasteiger partial charge in [-0.2, -0.15) is 0 Å². The van der Waals surface area contributed by atoms with E-state index in [1.165, 1.54) is 500 Å². The molecule has 0 amide bonds. The topological polar surface area (TPSA) is 0 Å². The number of allylic oxidation sites excluding steroid dienone is 6. The van der Waals surface area contributed by atoms with E-state index in [-0.39, 0.29) is 0 Å². The van der Waals surface area contributed by atoms with Crippen LogP contribution in [0.3, 0.4) is 0 Å². The minimum absolute atomic E-state index is 0.818. The van der Waals surface area contributed by atoms with Gasteiger partial charge in [-0.25, -0.2) is 0 Å². The average Bonchev–Trinajstić information content (AvgIpc) is 0.860. The van der Waals surface area contributed by atoms with Crippen LogP contribution in [0.25, 0.3) is 0 Å². The Balaban J connectivity index is 6.89. The molecule has 0 rings (SSSR count). The van der Waals surface area contributed by atoms with E-state index in [0.29, 0.717) is 0 Å². The first-order valence-electron chi connectivity index (χ1n) is 45.2. The molecule has 0 radical (unpaired) electrons. The molecule has 96 heavy (non-hydrogen) atoms. The van der Waals surface area contributed by atoms with Crippen molar-refractivity contribution < 1.29 is 0 Å². The summed E-state index contributed by atoms with van der Waals surface area (Å²) in [7, 11) is 0. The monoisotopic (exact) mass is 1340 g/mol. The third kappa shape index (κ3) is 69.5. The highest BCUT2D eigenvalue weighted by atomic mass is 14.4. The number of rotatable bonds is 87. The summed E-state index contributed by atoms with van der Waals surface area (Å²) in [5.41, 5.74) is 1.36. The highest BCUT2D eigenvalue weighted by molar-refractivity contribution is 4.90. The molecule has 0 aromatic heterocycles. The highest BCUT2D eigenvalue weighted by Crippen LogP contribution is 2.46. The van der Waals surface area contributed by atoms with Crippen molar-refractivity contribution >= 4 is 0 Å². The second kappa shape index (κ2) is 82.4. The molecule has 0 saturated heterocycles. The van der Waals surface area contributed by atoms with Gasteiger partial charge in [0.05, 0.1) is 0 Å². The normalized spacial score (nSPS) is 13.2. The van der Waals surface area contributed by atoms with Crippen LogP contribution in [-0.2, 0) is 0 Å². The van der Waals surface area contributed by atoms with Crippen LogP contribution in [0.4, 0.5) is 0 Å². The zero-order chi connectivity index (χ0) is 69.4. The van der Waals surface area contributed by atoms with Crippen molar-refractivity contribution in [3.8, 4) is 0 Å². The van der Waals surface area contributed by atoms with E-state index >= 15 is 0 Å². The zero-order valence-electron chi connectivity index (χ0n) is 67.0. The molecule has 0 heterocycles. The van der Waals surface area contributed by atoms with E-state index in [2.05, 4.69) is 83.7 Å². The lowest BCUT2D eigenvalue weighted by atomic mass is 9.63. The lowest BCUT2D eigenvalue weighted by Crippen LogP contribution is -2.34. The van der Waals surface area contributed by atoms with Gasteiger partial charge in [0.2, 0.25) is 0 Å². The third-order valence-electron chi connectivity index (χ3n) is 23.2. The standard InChI is InChI=1S/C96H182/c1-9-15-20-25-30-34-38-42-46-52-58-64-71-77-85-92(83-14-6)94(88-80-73-66-60-54-47-43-39-35-31-26-21-16-10-2)96(90-82-75-68-62-56-49-45-41-37-33-28-23-18-12-4)95(89-81-74-67-61-55-48-44-40-36-32-27-22-17-11-3)93(86-78-70-29-24-19-13-5)87-79-72-65-59-53-50-51-57-63-69-76-84-91(7)8/h9-12,14,92-96H,1-4,6-7,13,15-90H2,5,8H3. The Morgan fingerprint density at radius 2 is 0.396 bits per heavy atom. The first kappa shape index (κ1) is 94.4. The molecule has 5 unspecified atom stereocenters. The maximum absolute atomic E-state index is 4.63. The molecule has 0 saturated carbocycles. The molecule has 0 spiro atoms. The Bertz CT molecular complexity index is 1530. The molecule has 0 N–H and O–H groups in total. The van der Waals surface area contributed by atoms with Crippen LogP contribution in [0.2, 0.25) is 0 Å². The fourth-order valence-corrected chi connectivity index (χ4v) is 17.0. The molecular formula is C96H182. The van der Waals surface area contributed by atoms with Gasteiger partial charge in [-0.05, 0) is 133 Å². The van der Waals surface area contributed by atoms with Gasteiger partial charge in [0, 0.05) is 0 Å². The fourth-order valence-electron chi connectivity index (χ4n) is 17.0. The van der Waals surface area contributed by atoms with E-state index in [1.807, 2.05) is 0 Å². The van der Waals surface area contributed by atoms with Crippen LogP contribution in [0, 0.1) is 29.6 Å².